The molecule has 5 heteroatoms. The van der Waals surface area contributed by atoms with E-state index in [2.05, 4.69) is 15.9 Å². The Labute approximate surface area is 121 Å². The minimum Gasteiger partial charge on any atom is -0.496 e. The molecule has 0 bridgehead atoms. The molecule has 1 amide bonds. The van der Waals surface area contributed by atoms with E-state index in [4.69, 9.17) is 16.3 Å². The van der Waals surface area contributed by atoms with Crippen molar-refractivity contribution in [2.45, 2.75) is 19.4 Å². The van der Waals surface area contributed by atoms with Gasteiger partial charge in [-0.25, -0.2) is 0 Å². The maximum absolute atomic E-state index is 12.3. The molecule has 0 aromatic heterocycles. The summed E-state index contributed by atoms with van der Waals surface area (Å²) in [5.74, 6) is 1.02. The molecule has 3 nitrogen and oxygen atoms in total. The zero-order valence-corrected chi connectivity index (χ0v) is 13.3. The van der Waals surface area contributed by atoms with E-state index >= 15 is 0 Å². The highest BCUT2D eigenvalue weighted by atomic mass is 79.9. The third-order valence-corrected chi connectivity index (χ3v) is 4.21. The average molecular weight is 335 g/mol. The van der Waals surface area contributed by atoms with E-state index in [1.54, 1.807) is 37.3 Å². The van der Waals surface area contributed by atoms with Gasteiger partial charge < -0.3 is 9.64 Å². The first-order valence-corrected chi connectivity index (χ1v) is 6.84. The molecule has 1 rings (SSSR count). The molecule has 18 heavy (non-hydrogen) atoms. The number of amides is 1. The molecule has 0 atom stereocenters. The highest BCUT2D eigenvalue weighted by molar-refractivity contribution is 9.10. The molecular formula is C13H17BrClNO2. The van der Waals surface area contributed by atoms with Gasteiger partial charge in [-0.1, -0.05) is 0 Å². The van der Waals surface area contributed by atoms with Crippen molar-refractivity contribution in [2.75, 3.05) is 20.0 Å². The Morgan fingerprint density at radius 1 is 1.50 bits per heavy atom. The van der Waals surface area contributed by atoms with Crippen LogP contribution in [0, 0.1) is 0 Å². The largest absolute Gasteiger partial charge is 0.496 e. The van der Waals surface area contributed by atoms with Gasteiger partial charge in [0.05, 0.1) is 17.1 Å². The molecule has 0 aliphatic rings. The second kappa shape index (κ2) is 5.93. The minimum absolute atomic E-state index is 0.0657. The summed E-state index contributed by atoms with van der Waals surface area (Å²) in [6, 6.07) is 5.26. The molecule has 0 fully saturated rings. The summed E-state index contributed by atoms with van der Waals surface area (Å²) in [5, 5.41) is 0. The average Bonchev–Trinajstić information content (AvgIpc) is 2.36. The predicted octanol–water partition coefficient (Wildman–Crippen LogP) is 3.55. The third-order valence-electron chi connectivity index (χ3n) is 2.94. The summed E-state index contributed by atoms with van der Waals surface area (Å²) in [4.78, 5) is 14.0. The maximum atomic E-state index is 12.3. The molecule has 0 aliphatic carbocycles. The van der Waals surface area contributed by atoms with Gasteiger partial charge in [0.15, 0.2) is 0 Å². The Kier molecular flexibility index (Phi) is 5.05. The van der Waals surface area contributed by atoms with Crippen LogP contribution in [0.5, 0.6) is 5.75 Å². The van der Waals surface area contributed by atoms with Crippen molar-refractivity contribution in [3.63, 3.8) is 0 Å². The van der Waals surface area contributed by atoms with Crippen LogP contribution < -0.4 is 4.74 Å². The van der Waals surface area contributed by atoms with Crippen LogP contribution >= 0.6 is 27.5 Å². The van der Waals surface area contributed by atoms with Crippen LogP contribution in [-0.2, 0) is 0 Å². The number of carbonyl (C=O) groups is 1. The molecular weight excluding hydrogens is 318 g/mol. The number of hydrogen-bond donors (Lipinski definition) is 0. The van der Waals surface area contributed by atoms with Crippen molar-refractivity contribution in [1.29, 1.82) is 0 Å². The Hall–Kier alpha value is -0.740. The van der Waals surface area contributed by atoms with Crippen LogP contribution in [0.15, 0.2) is 22.7 Å². The Balaban J connectivity index is 3.01. The van der Waals surface area contributed by atoms with E-state index < -0.39 is 0 Å². The number of halogens is 2. The first kappa shape index (κ1) is 15.3. The van der Waals surface area contributed by atoms with Crippen molar-refractivity contribution in [3.8, 4) is 5.75 Å². The number of hydrogen-bond acceptors (Lipinski definition) is 2. The predicted molar refractivity (Wildman–Crippen MR) is 77.6 cm³/mol. The topological polar surface area (TPSA) is 29.5 Å². The fraction of sp³-hybridized carbons (Fsp3) is 0.462. The SMILES string of the molecule is COc1ccc(C(=O)N(C)C(C)(C)CCl)cc1Br. The summed E-state index contributed by atoms with van der Waals surface area (Å²) in [7, 11) is 3.34. The summed E-state index contributed by atoms with van der Waals surface area (Å²) in [6.45, 7) is 3.85. The van der Waals surface area contributed by atoms with Gasteiger partial charge in [0, 0.05) is 18.5 Å². The molecule has 0 spiro atoms. The monoisotopic (exact) mass is 333 g/mol. The summed E-state index contributed by atoms with van der Waals surface area (Å²) in [5.41, 5.74) is 0.216. The van der Waals surface area contributed by atoms with Crippen LogP contribution in [0.4, 0.5) is 0 Å². The summed E-state index contributed by atoms with van der Waals surface area (Å²) >= 11 is 9.25. The van der Waals surface area contributed by atoms with Crippen LogP contribution in [0.1, 0.15) is 24.2 Å². The first-order valence-electron chi connectivity index (χ1n) is 5.51. The highest BCUT2D eigenvalue weighted by Gasteiger charge is 2.27. The van der Waals surface area contributed by atoms with E-state index in [9.17, 15) is 4.79 Å². The lowest BCUT2D eigenvalue weighted by molar-refractivity contribution is 0.0660. The van der Waals surface area contributed by atoms with Crippen molar-refractivity contribution in [2.24, 2.45) is 0 Å². The zero-order chi connectivity index (χ0) is 13.9. The van der Waals surface area contributed by atoms with Crippen LogP contribution in [0.2, 0.25) is 0 Å². The minimum atomic E-state index is -0.384. The lowest BCUT2D eigenvalue weighted by Crippen LogP contribution is -2.46. The molecule has 0 N–H and O–H groups in total. The van der Waals surface area contributed by atoms with E-state index in [1.165, 1.54) is 0 Å². The van der Waals surface area contributed by atoms with E-state index in [1.807, 2.05) is 13.8 Å². The van der Waals surface area contributed by atoms with E-state index in [0.717, 1.165) is 4.47 Å². The van der Waals surface area contributed by atoms with Crippen molar-refractivity contribution in [1.82, 2.24) is 4.90 Å². The van der Waals surface area contributed by atoms with Gasteiger partial charge in [-0.2, -0.15) is 0 Å². The molecule has 0 aliphatic heterocycles. The lowest BCUT2D eigenvalue weighted by Gasteiger charge is -2.34. The second-order valence-corrected chi connectivity index (χ2v) is 5.78. The summed E-state index contributed by atoms with van der Waals surface area (Å²) < 4.78 is 5.89. The molecule has 0 saturated heterocycles. The number of alkyl halides is 1. The maximum Gasteiger partial charge on any atom is 0.254 e. The number of carbonyl (C=O) groups excluding carboxylic acids is 1. The van der Waals surface area contributed by atoms with Crippen molar-refractivity contribution >= 4 is 33.4 Å². The number of rotatable bonds is 4. The molecule has 0 radical (unpaired) electrons. The molecule has 0 saturated carbocycles. The number of nitrogens with zero attached hydrogens (tertiary/aromatic N) is 1. The normalized spacial score (nSPS) is 11.2. The van der Waals surface area contributed by atoms with Gasteiger partial charge in [0.1, 0.15) is 5.75 Å². The van der Waals surface area contributed by atoms with Crippen molar-refractivity contribution < 1.29 is 9.53 Å². The lowest BCUT2D eigenvalue weighted by atomic mass is 10.0. The van der Waals surface area contributed by atoms with E-state index in [0.29, 0.717) is 17.2 Å². The van der Waals surface area contributed by atoms with Gasteiger partial charge in [-0.3, -0.25) is 4.79 Å². The van der Waals surface area contributed by atoms with Gasteiger partial charge in [0.25, 0.3) is 5.91 Å². The van der Waals surface area contributed by atoms with Gasteiger partial charge in [-0.05, 0) is 48.0 Å². The molecule has 100 valence electrons. The number of benzene rings is 1. The summed E-state index contributed by atoms with van der Waals surface area (Å²) in [6.07, 6.45) is 0. The van der Waals surface area contributed by atoms with Gasteiger partial charge in [-0.15, -0.1) is 11.6 Å². The quantitative estimate of drug-likeness (QED) is 0.788. The third kappa shape index (κ3) is 3.18. The van der Waals surface area contributed by atoms with Crippen LogP contribution in [-0.4, -0.2) is 36.4 Å². The van der Waals surface area contributed by atoms with Gasteiger partial charge >= 0.3 is 0 Å². The molecule has 0 unspecified atom stereocenters. The molecule has 1 aromatic rings. The molecule has 0 heterocycles. The zero-order valence-electron chi connectivity index (χ0n) is 11.0. The fourth-order valence-corrected chi connectivity index (χ4v) is 2.08. The standard InChI is InChI=1S/C13H17BrClNO2/c1-13(2,8-15)16(3)12(17)9-5-6-11(18-4)10(14)7-9/h5-7H,8H2,1-4H3. The Morgan fingerprint density at radius 2 is 2.11 bits per heavy atom. The second-order valence-electron chi connectivity index (χ2n) is 4.66. The Morgan fingerprint density at radius 3 is 2.56 bits per heavy atom. The van der Waals surface area contributed by atoms with Gasteiger partial charge in [0.2, 0.25) is 0 Å². The van der Waals surface area contributed by atoms with Crippen LogP contribution in [0.3, 0.4) is 0 Å². The number of methoxy groups -OCH3 is 1. The fourth-order valence-electron chi connectivity index (χ4n) is 1.36. The first-order chi connectivity index (χ1) is 8.33. The number of ether oxygens (including phenoxy) is 1. The smallest absolute Gasteiger partial charge is 0.254 e. The Bertz CT molecular complexity index is 449. The van der Waals surface area contributed by atoms with Crippen LogP contribution in [0.25, 0.3) is 0 Å². The van der Waals surface area contributed by atoms with Crippen molar-refractivity contribution in [3.05, 3.63) is 28.2 Å². The van der Waals surface area contributed by atoms with E-state index in [-0.39, 0.29) is 11.4 Å². The molecule has 1 aromatic carbocycles. The highest BCUT2D eigenvalue weighted by Crippen LogP contribution is 2.27.